The largest absolute Gasteiger partial charge is 0.302 e. The van der Waals surface area contributed by atoms with Crippen LogP contribution in [0.2, 0.25) is 0 Å². The van der Waals surface area contributed by atoms with Gasteiger partial charge in [0, 0.05) is 12.2 Å². The van der Waals surface area contributed by atoms with Gasteiger partial charge in [0.1, 0.15) is 12.4 Å². The summed E-state index contributed by atoms with van der Waals surface area (Å²) < 4.78 is 16.2. The number of hydrogen-bond acceptors (Lipinski definition) is 5. The molecule has 1 amide bonds. The van der Waals surface area contributed by atoms with Crippen LogP contribution in [-0.4, -0.2) is 33.0 Å². The molecule has 0 aliphatic heterocycles. The molecule has 1 heterocycles. The Labute approximate surface area is 179 Å². The number of rotatable bonds is 8. The molecule has 0 aliphatic carbocycles. The van der Waals surface area contributed by atoms with Gasteiger partial charge in [-0.2, -0.15) is 5.26 Å². The molecule has 2 aromatic carbocycles. The number of aromatic nitrogens is 3. The number of carbonyl (C=O) groups is 1. The Morgan fingerprint density at radius 2 is 1.87 bits per heavy atom. The highest BCUT2D eigenvalue weighted by molar-refractivity contribution is 7.99. The van der Waals surface area contributed by atoms with Crippen molar-refractivity contribution in [3.63, 3.8) is 0 Å². The summed E-state index contributed by atoms with van der Waals surface area (Å²) in [4.78, 5) is 14.2. The summed E-state index contributed by atoms with van der Waals surface area (Å²) in [5.41, 5.74) is 1.04. The Balaban J connectivity index is 1.83. The molecule has 0 spiro atoms. The predicted octanol–water partition coefficient (Wildman–Crippen LogP) is 4.39. The zero-order valence-electron chi connectivity index (χ0n) is 16.8. The van der Waals surface area contributed by atoms with Crippen LogP contribution in [0, 0.1) is 23.1 Å². The topological polar surface area (TPSA) is 74.8 Å². The van der Waals surface area contributed by atoms with Crippen LogP contribution < -0.4 is 4.90 Å². The van der Waals surface area contributed by atoms with Gasteiger partial charge in [-0.05, 0) is 30.2 Å². The Bertz CT molecular complexity index is 1050. The minimum absolute atomic E-state index is 0.0391. The Morgan fingerprint density at radius 3 is 2.53 bits per heavy atom. The molecule has 0 saturated carbocycles. The molecule has 30 heavy (non-hydrogen) atoms. The summed E-state index contributed by atoms with van der Waals surface area (Å²) in [7, 11) is 0. The molecule has 3 rings (SSSR count). The molecule has 0 unspecified atom stereocenters. The lowest BCUT2D eigenvalue weighted by molar-refractivity contribution is -0.116. The number of amides is 1. The fourth-order valence-corrected chi connectivity index (χ4v) is 3.80. The highest BCUT2D eigenvalue weighted by Crippen LogP contribution is 2.27. The normalized spacial score (nSPS) is 10.8. The molecule has 154 valence electrons. The molecule has 0 saturated heterocycles. The van der Waals surface area contributed by atoms with Crippen LogP contribution >= 0.6 is 11.8 Å². The fourth-order valence-electron chi connectivity index (χ4n) is 2.97. The lowest BCUT2D eigenvalue weighted by Crippen LogP contribution is -2.32. The maximum atomic E-state index is 14.3. The number of carbonyl (C=O) groups excluding carboxylic acids is 1. The summed E-state index contributed by atoms with van der Waals surface area (Å²) in [6.45, 7) is 4.65. The van der Waals surface area contributed by atoms with Crippen LogP contribution in [0.4, 0.5) is 10.1 Å². The average Bonchev–Trinajstić information content (AvgIpc) is 3.12. The Hall–Kier alpha value is -3.18. The van der Waals surface area contributed by atoms with Crippen LogP contribution in [-0.2, 0) is 11.3 Å². The quantitative estimate of drug-likeness (QED) is 0.397. The zero-order valence-corrected chi connectivity index (χ0v) is 17.6. The van der Waals surface area contributed by atoms with E-state index in [2.05, 4.69) is 24.0 Å². The smallest absolute Gasteiger partial charge is 0.238 e. The minimum Gasteiger partial charge on any atom is -0.302 e. The first-order chi connectivity index (χ1) is 14.5. The lowest BCUT2D eigenvalue weighted by Gasteiger charge is -2.19. The first kappa shape index (κ1) is 21.5. The van der Waals surface area contributed by atoms with Gasteiger partial charge in [-0.25, -0.2) is 4.39 Å². The molecule has 3 aromatic rings. The summed E-state index contributed by atoms with van der Waals surface area (Å²) in [5.74, 6) is 0.227. The number of thioether (sulfide) groups is 1. The standard InChI is InChI=1S/C22H22FN5OS/c1-16(2)14-28-21(18-10-6-7-11-19(18)23)25-26-22(28)30-15-20(29)27(13-12-24)17-8-4-3-5-9-17/h3-11,16H,13-15H2,1-2H3. The first-order valence-corrected chi connectivity index (χ1v) is 10.5. The van der Waals surface area contributed by atoms with Gasteiger partial charge in [0.15, 0.2) is 11.0 Å². The molecular formula is C22H22FN5OS. The third kappa shape index (κ3) is 5.05. The second kappa shape index (κ2) is 10.0. The molecule has 0 N–H and O–H groups in total. The second-order valence-corrected chi connectivity index (χ2v) is 8.00. The monoisotopic (exact) mass is 423 g/mol. The van der Waals surface area contributed by atoms with Crippen LogP contribution in [0.3, 0.4) is 0 Å². The van der Waals surface area contributed by atoms with E-state index in [0.717, 1.165) is 0 Å². The molecule has 8 heteroatoms. The van der Waals surface area contributed by atoms with Crippen molar-refractivity contribution in [2.75, 3.05) is 17.2 Å². The summed E-state index contributed by atoms with van der Waals surface area (Å²) in [6.07, 6.45) is 0. The zero-order chi connectivity index (χ0) is 21.5. The van der Waals surface area contributed by atoms with E-state index in [1.807, 2.05) is 28.8 Å². The SMILES string of the molecule is CC(C)Cn1c(SCC(=O)N(CC#N)c2ccccc2)nnc1-c1ccccc1F. The molecule has 6 nitrogen and oxygen atoms in total. The van der Waals surface area contributed by atoms with Gasteiger partial charge in [0.2, 0.25) is 5.91 Å². The van der Waals surface area contributed by atoms with Gasteiger partial charge in [-0.3, -0.25) is 9.69 Å². The maximum absolute atomic E-state index is 14.3. The molecule has 0 atom stereocenters. The van der Waals surface area contributed by atoms with Crippen molar-refractivity contribution in [1.29, 1.82) is 5.26 Å². The predicted molar refractivity (Wildman–Crippen MR) is 115 cm³/mol. The molecule has 0 fully saturated rings. The number of anilines is 1. The summed E-state index contributed by atoms with van der Waals surface area (Å²) in [5, 5.41) is 18.1. The van der Waals surface area contributed by atoms with E-state index in [-0.39, 0.29) is 29.9 Å². The van der Waals surface area contributed by atoms with Crippen molar-refractivity contribution in [2.45, 2.75) is 25.5 Å². The van der Waals surface area contributed by atoms with Crippen molar-refractivity contribution in [1.82, 2.24) is 14.8 Å². The van der Waals surface area contributed by atoms with Gasteiger partial charge in [0.05, 0.1) is 17.4 Å². The van der Waals surface area contributed by atoms with E-state index < -0.39 is 0 Å². The highest BCUT2D eigenvalue weighted by atomic mass is 32.2. The minimum atomic E-state index is -0.369. The van der Waals surface area contributed by atoms with Gasteiger partial charge in [0.25, 0.3) is 0 Å². The first-order valence-electron chi connectivity index (χ1n) is 9.54. The number of hydrogen-bond donors (Lipinski definition) is 0. The number of para-hydroxylation sites is 1. The maximum Gasteiger partial charge on any atom is 0.238 e. The number of halogens is 1. The van der Waals surface area contributed by atoms with Gasteiger partial charge < -0.3 is 4.57 Å². The molecule has 0 aliphatic rings. The van der Waals surface area contributed by atoms with E-state index >= 15 is 0 Å². The van der Waals surface area contributed by atoms with Crippen molar-refractivity contribution in [3.8, 4) is 17.5 Å². The molecule has 0 bridgehead atoms. The highest BCUT2D eigenvalue weighted by Gasteiger charge is 2.21. The average molecular weight is 424 g/mol. The van der Waals surface area contributed by atoms with E-state index in [1.165, 1.54) is 22.7 Å². The van der Waals surface area contributed by atoms with Crippen molar-refractivity contribution < 1.29 is 9.18 Å². The lowest BCUT2D eigenvalue weighted by atomic mass is 10.2. The molecule has 0 radical (unpaired) electrons. The third-order valence-electron chi connectivity index (χ3n) is 4.30. The Kier molecular flexibility index (Phi) is 7.20. The number of nitriles is 1. The molecular weight excluding hydrogens is 401 g/mol. The van der Waals surface area contributed by atoms with E-state index in [1.54, 1.807) is 30.3 Å². The molecule has 1 aromatic heterocycles. The Morgan fingerprint density at radius 1 is 1.17 bits per heavy atom. The number of benzene rings is 2. The third-order valence-corrected chi connectivity index (χ3v) is 5.25. The van der Waals surface area contributed by atoms with Gasteiger partial charge in [-0.15, -0.1) is 10.2 Å². The summed E-state index contributed by atoms with van der Waals surface area (Å²) >= 11 is 1.23. The fraction of sp³-hybridized carbons (Fsp3) is 0.273. The summed E-state index contributed by atoms with van der Waals surface area (Å²) in [6, 6.07) is 17.5. The number of nitrogens with zero attached hydrogens (tertiary/aromatic N) is 5. The van der Waals surface area contributed by atoms with Crippen molar-refractivity contribution in [2.24, 2.45) is 5.92 Å². The van der Waals surface area contributed by atoms with Crippen LogP contribution in [0.15, 0.2) is 59.8 Å². The van der Waals surface area contributed by atoms with Crippen molar-refractivity contribution >= 4 is 23.4 Å². The van der Waals surface area contributed by atoms with Crippen molar-refractivity contribution in [3.05, 3.63) is 60.4 Å². The van der Waals surface area contributed by atoms with E-state index in [4.69, 9.17) is 5.26 Å². The second-order valence-electron chi connectivity index (χ2n) is 7.05. The van der Waals surface area contributed by atoms with Crippen LogP contribution in [0.1, 0.15) is 13.8 Å². The van der Waals surface area contributed by atoms with E-state index in [9.17, 15) is 9.18 Å². The van der Waals surface area contributed by atoms with Gasteiger partial charge >= 0.3 is 0 Å². The van der Waals surface area contributed by atoms with Crippen LogP contribution in [0.25, 0.3) is 11.4 Å². The van der Waals surface area contributed by atoms with Gasteiger partial charge in [-0.1, -0.05) is 55.9 Å². The van der Waals surface area contributed by atoms with Crippen LogP contribution in [0.5, 0.6) is 0 Å². The van der Waals surface area contributed by atoms with E-state index in [0.29, 0.717) is 28.8 Å².